The van der Waals surface area contributed by atoms with Gasteiger partial charge in [0.15, 0.2) is 0 Å². The molecule has 0 aromatic heterocycles. The van der Waals surface area contributed by atoms with Crippen LogP contribution < -0.4 is 5.32 Å². The number of halogens is 5. The number of nitriles is 1. The van der Waals surface area contributed by atoms with Gasteiger partial charge in [0.1, 0.15) is 17.7 Å². The molecule has 1 N–H and O–H groups in total. The van der Waals surface area contributed by atoms with Crippen LogP contribution in [-0.2, 0) is 12.7 Å². The fourth-order valence-electron chi connectivity index (χ4n) is 1.92. The van der Waals surface area contributed by atoms with E-state index in [9.17, 15) is 22.0 Å². The molecule has 0 atom stereocenters. The van der Waals surface area contributed by atoms with Gasteiger partial charge in [0.2, 0.25) is 0 Å². The molecule has 0 heterocycles. The van der Waals surface area contributed by atoms with Crippen molar-refractivity contribution in [3.63, 3.8) is 0 Å². The first-order valence-electron chi connectivity index (χ1n) is 6.10. The molecule has 0 amide bonds. The van der Waals surface area contributed by atoms with Gasteiger partial charge in [-0.1, -0.05) is 6.07 Å². The molecule has 2 rings (SSSR count). The maximum Gasteiger partial charge on any atom is 0.416 e. The summed E-state index contributed by atoms with van der Waals surface area (Å²) in [5, 5.41) is 11.5. The zero-order valence-corrected chi connectivity index (χ0v) is 11.0. The van der Waals surface area contributed by atoms with Crippen LogP contribution in [0.2, 0.25) is 0 Å². The van der Waals surface area contributed by atoms with Crippen LogP contribution in [0.5, 0.6) is 0 Å². The van der Waals surface area contributed by atoms with Gasteiger partial charge in [0.05, 0.1) is 16.8 Å². The Morgan fingerprint density at radius 2 is 1.64 bits per heavy atom. The van der Waals surface area contributed by atoms with Gasteiger partial charge in [0, 0.05) is 6.54 Å². The van der Waals surface area contributed by atoms with E-state index in [4.69, 9.17) is 5.26 Å². The molecule has 0 bridgehead atoms. The lowest BCUT2D eigenvalue weighted by molar-refractivity contribution is -0.138. The van der Waals surface area contributed by atoms with Crippen molar-refractivity contribution in [1.82, 2.24) is 0 Å². The zero-order valence-electron chi connectivity index (χ0n) is 11.0. The number of hydrogen-bond donors (Lipinski definition) is 1. The van der Waals surface area contributed by atoms with Crippen LogP contribution in [0, 0.1) is 23.0 Å². The summed E-state index contributed by atoms with van der Waals surface area (Å²) in [7, 11) is 0. The zero-order chi connectivity index (χ0) is 16.3. The molecule has 0 aliphatic carbocycles. The SMILES string of the molecule is N#Cc1cc(F)ccc1NCc1ccc(F)cc1C(F)(F)F. The van der Waals surface area contributed by atoms with Crippen LogP contribution in [0.4, 0.5) is 27.6 Å². The number of hydrogen-bond acceptors (Lipinski definition) is 2. The maximum absolute atomic E-state index is 13.0. The minimum absolute atomic E-state index is 0.0318. The molecule has 0 unspecified atom stereocenters. The van der Waals surface area contributed by atoms with E-state index in [-0.39, 0.29) is 23.4 Å². The predicted molar refractivity (Wildman–Crippen MR) is 69.8 cm³/mol. The summed E-state index contributed by atoms with van der Waals surface area (Å²) >= 11 is 0. The number of anilines is 1. The Morgan fingerprint density at radius 1 is 1.00 bits per heavy atom. The predicted octanol–water partition coefficient (Wildman–Crippen LogP) is 4.47. The molecule has 0 saturated heterocycles. The second-order valence-electron chi connectivity index (χ2n) is 4.45. The van der Waals surface area contributed by atoms with Crippen LogP contribution in [0.25, 0.3) is 0 Å². The van der Waals surface area contributed by atoms with E-state index in [1.54, 1.807) is 6.07 Å². The Hall–Kier alpha value is -2.62. The molecular weight excluding hydrogens is 303 g/mol. The van der Waals surface area contributed by atoms with Gasteiger partial charge in [-0.3, -0.25) is 0 Å². The first kappa shape index (κ1) is 15.8. The maximum atomic E-state index is 13.0. The Morgan fingerprint density at radius 3 is 2.27 bits per heavy atom. The van der Waals surface area contributed by atoms with Crippen LogP contribution in [0.3, 0.4) is 0 Å². The van der Waals surface area contributed by atoms with E-state index in [2.05, 4.69) is 5.32 Å². The standard InChI is InChI=1S/C15H9F5N2/c16-11-3-4-14(10(5-11)7-21)22-8-9-1-2-12(17)6-13(9)15(18,19)20/h1-6,22H,8H2. The Kier molecular flexibility index (Phi) is 4.31. The molecule has 2 aromatic rings. The first-order chi connectivity index (χ1) is 10.3. The lowest BCUT2D eigenvalue weighted by Gasteiger charge is -2.14. The van der Waals surface area contributed by atoms with E-state index >= 15 is 0 Å². The topological polar surface area (TPSA) is 35.8 Å². The monoisotopic (exact) mass is 312 g/mol. The molecule has 0 aliphatic heterocycles. The van der Waals surface area contributed by atoms with Gasteiger partial charge in [-0.05, 0) is 35.9 Å². The summed E-state index contributed by atoms with van der Waals surface area (Å²) in [6.45, 7) is -0.282. The lowest BCUT2D eigenvalue weighted by atomic mass is 10.1. The van der Waals surface area contributed by atoms with Gasteiger partial charge in [-0.2, -0.15) is 18.4 Å². The van der Waals surface area contributed by atoms with E-state index in [1.165, 1.54) is 6.07 Å². The highest BCUT2D eigenvalue weighted by Crippen LogP contribution is 2.33. The highest BCUT2D eigenvalue weighted by Gasteiger charge is 2.33. The first-order valence-corrected chi connectivity index (χ1v) is 6.10. The van der Waals surface area contributed by atoms with Gasteiger partial charge < -0.3 is 5.32 Å². The lowest BCUT2D eigenvalue weighted by Crippen LogP contribution is -2.12. The fraction of sp³-hybridized carbons (Fsp3) is 0.133. The van der Waals surface area contributed by atoms with E-state index in [0.717, 1.165) is 24.3 Å². The summed E-state index contributed by atoms with van der Waals surface area (Å²) in [5.74, 6) is -1.62. The number of alkyl halides is 3. The Labute approximate surface area is 122 Å². The van der Waals surface area contributed by atoms with E-state index < -0.39 is 23.4 Å². The highest BCUT2D eigenvalue weighted by atomic mass is 19.4. The van der Waals surface area contributed by atoms with Crippen molar-refractivity contribution in [3.8, 4) is 6.07 Å². The molecule has 0 saturated carbocycles. The van der Waals surface area contributed by atoms with E-state index in [1.807, 2.05) is 0 Å². The summed E-state index contributed by atoms with van der Waals surface area (Å²) in [6.07, 6.45) is -4.69. The number of rotatable bonds is 3. The minimum atomic E-state index is -4.69. The summed E-state index contributed by atoms with van der Waals surface area (Å²) in [4.78, 5) is 0. The van der Waals surface area contributed by atoms with Crippen molar-refractivity contribution < 1.29 is 22.0 Å². The van der Waals surface area contributed by atoms with E-state index in [0.29, 0.717) is 6.07 Å². The number of nitrogens with zero attached hydrogens (tertiary/aromatic N) is 1. The van der Waals surface area contributed by atoms with Gasteiger partial charge in [0.25, 0.3) is 0 Å². The molecule has 2 nitrogen and oxygen atoms in total. The third kappa shape index (κ3) is 3.52. The highest BCUT2D eigenvalue weighted by molar-refractivity contribution is 5.57. The summed E-state index contributed by atoms with van der Waals surface area (Å²) in [6, 6.07) is 7.39. The van der Waals surface area contributed by atoms with Crippen LogP contribution >= 0.6 is 0 Å². The van der Waals surface area contributed by atoms with Crippen molar-refractivity contribution in [2.75, 3.05) is 5.32 Å². The van der Waals surface area contributed by atoms with Gasteiger partial charge in [-0.15, -0.1) is 0 Å². The van der Waals surface area contributed by atoms with Crippen molar-refractivity contribution >= 4 is 5.69 Å². The van der Waals surface area contributed by atoms with Crippen LogP contribution in [0.15, 0.2) is 36.4 Å². The Balaban J connectivity index is 2.28. The van der Waals surface area contributed by atoms with Crippen molar-refractivity contribution in [1.29, 1.82) is 5.26 Å². The number of nitrogens with one attached hydrogen (secondary N) is 1. The molecule has 7 heteroatoms. The van der Waals surface area contributed by atoms with Crippen LogP contribution in [0.1, 0.15) is 16.7 Å². The molecule has 0 radical (unpaired) electrons. The molecule has 0 fully saturated rings. The van der Waals surface area contributed by atoms with Crippen LogP contribution in [-0.4, -0.2) is 0 Å². The van der Waals surface area contributed by atoms with Crippen molar-refractivity contribution in [3.05, 3.63) is 64.7 Å². The second-order valence-corrected chi connectivity index (χ2v) is 4.45. The molecule has 0 spiro atoms. The molecule has 2 aromatic carbocycles. The molecule has 0 aliphatic rings. The average molecular weight is 312 g/mol. The normalized spacial score (nSPS) is 11.1. The number of benzene rings is 2. The third-order valence-corrected chi connectivity index (χ3v) is 2.95. The van der Waals surface area contributed by atoms with Crippen molar-refractivity contribution in [2.45, 2.75) is 12.7 Å². The fourth-order valence-corrected chi connectivity index (χ4v) is 1.92. The quantitative estimate of drug-likeness (QED) is 0.849. The molecular formula is C15H9F5N2. The van der Waals surface area contributed by atoms with Crippen molar-refractivity contribution in [2.24, 2.45) is 0 Å². The largest absolute Gasteiger partial charge is 0.416 e. The third-order valence-electron chi connectivity index (χ3n) is 2.95. The van der Waals surface area contributed by atoms with Gasteiger partial charge >= 0.3 is 6.18 Å². The molecule has 22 heavy (non-hydrogen) atoms. The average Bonchev–Trinajstić information content (AvgIpc) is 2.45. The second kappa shape index (κ2) is 6.02. The minimum Gasteiger partial charge on any atom is -0.380 e. The summed E-state index contributed by atoms with van der Waals surface area (Å²) < 4.78 is 64.6. The Bertz CT molecular complexity index is 732. The smallest absolute Gasteiger partial charge is 0.380 e. The van der Waals surface area contributed by atoms with Gasteiger partial charge in [-0.25, -0.2) is 8.78 Å². The molecule has 114 valence electrons. The summed E-state index contributed by atoms with van der Waals surface area (Å²) in [5.41, 5.74) is -1.11.